The summed E-state index contributed by atoms with van der Waals surface area (Å²) in [6, 6.07) is 0. The molecular formula is C8H16O2S. The molecule has 0 aromatic carbocycles. The minimum Gasteiger partial charge on any atom is -0.229 e. The van der Waals surface area contributed by atoms with Crippen LogP contribution in [0.15, 0.2) is 0 Å². The van der Waals surface area contributed by atoms with Crippen molar-refractivity contribution in [3.8, 4) is 0 Å². The monoisotopic (exact) mass is 176 g/mol. The summed E-state index contributed by atoms with van der Waals surface area (Å²) in [5, 5.41) is -0.0348. The fourth-order valence-electron chi connectivity index (χ4n) is 1.76. The van der Waals surface area contributed by atoms with Gasteiger partial charge >= 0.3 is 0 Å². The van der Waals surface area contributed by atoms with Gasteiger partial charge < -0.3 is 0 Å². The van der Waals surface area contributed by atoms with Crippen LogP contribution in [-0.4, -0.2) is 19.4 Å². The Bertz CT molecular complexity index is 218. The molecule has 0 aliphatic carbocycles. The average molecular weight is 176 g/mol. The molecule has 1 aliphatic heterocycles. The van der Waals surface area contributed by atoms with Crippen LogP contribution in [0, 0.1) is 5.92 Å². The van der Waals surface area contributed by atoms with Crippen molar-refractivity contribution in [1.29, 1.82) is 0 Å². The highest BCUT2D eigenvalue weighted by atomic mass is 32.2. The summed E-state index contributed by atoms with van der Waals surface area (Å²) in [5.74, 6) is 0.868. The molecule has 66 valence electrons. The summed E-state index contributed by atoms with van der Waals surface area (Å²) in [4.78, 5) is 0. The van der Waals surface area contributed by atoms with E-state index < -0.39 is 9.84 Å². The van der Waals surface area contributed by atoms with Crippen molar-refractivity contribution in [2.75, 3.05) is 5.75 Å². The van der Waals surface area contributed by atoms with E-state index in [-0.39, 0.29) is 5.25 Å². The zero-order valence-electron chi connectivity index (χ0n) is 7.21. The molecule has 0 spiro atoms. The van der Waals surface area contributed by atoms with Crippen LogP contribution in [-0.2, 0) is 9.84 Å². The van der Waals surface area contributed by atoms with Gasteiger partial charge in [-0.2, -0.15) is 0 Å². The second kappa shape index (κ2) is 3.13. The zero-order valence-corrected chi connectivity index (χ0v) is 8.02. The van der Waals surface area contributed by atoms with E-state index in [1.165, 1.54) is 0 Å². The SMILES string of the molecule is CC[C@H]1C[C@H](CC)S(=O)(=O)C1. The average Bonchev–Trinajstić information content (AvgIpc) is 2.24. The third-order valence-electron chi connectivity index (χ3n) is 2.60. The van der Waals surface area contributed by atoms with Crippen molar-refractivity contribution in [2.45, 2.75) is 38.4 Å². The van der Waals surface area contributed by atoms with Gasteiger partial charge in [-0.05, 0) is 18.8 Å². The number of hydrogen-bond acceptors (Lipinski definition) is 2. The number of hydrogen-bond donors (Lipinski definition) is 0. The van der Waals surface area contributed by atoms with Crippen LogP contribution in [0.4, 0.5) is 0 Å². The molecular weight excluding hydrogens is 160 g/mol. The third kappa shape index (κ3) is 1.75. The van der Waals surface area contributed by atoms with Gasteiger partial charge in [-0.1, -0.05) is 20.3 Å². The predicted molar refractivity (Wildman–Crippen MR) is 46.3 cm³/mol. The maximum absolute atomic E-state index is 11.4. The van der Waals surface area contributed by atoms with E-state index in [9.17, 15) is 8.42 Å². The Balaban J connectivity index is 2.71. The largest absolute Gasteiger partial charge is 0.229 e. The van der Waals surface area contributed by atoms with Crippen LogP contribution < -0.4 is 0 Å². The van der Waals surface area contributed by atoms with E-state index in [0.717, 1.165) is 19.3 Å². The lowest BCUT2D eigenvalue weighted by Gasteiger charge is -2.03. The van der Waals surface area contributed by atoms with E-state index in [0.29, 0.717) is 11.7 Å². The molecule has 3 heteroatoms. The van der Waals surface area contributed by atoms with Crippen LogP contribution >= 0.6 is 0 Å². The molecule has 1 aliphatic rings. The Morgan fingerprint density at radius 1 is 1.27 bits per heavy atom. The molecule has 0 aromatic rings. The van der Waals surface area contributed by atoms with E-state index >= 15 is 0 Å². The van der Waals surface area contributed by atoms with Gasteiger partial charge in [0, 0.05) is 0 Å². The van der Waals surface area contributed by atoms with Crippen molar-refractivity contribution >= 4 is 9.84 Å². The van der Waals surface area contributed by atoms with E-state index in [4.69, 9.17) is 0 Å². The lowest BCUT2D eigenvalue weighted by molar-refractivity contribution is 0.534. The van der Waals surface area contributed by atoms with Crippen LogP contribution in [0.5, 0.6) is 0 Å². The van der Waals surface area contributed by atoms with Gasteiger partial charge in [0.05, 0.1) is 11.0 Å². The maximum Gasteiger partial charge on any atom is 0.153 e. The normalized spacial score (nSPS) is 35.8. The number of sulfone groups is 1. The molecule has 11 heavy (non-hydrogen) atoms. The van der Waals surface area contributed by atoms with Gasteiger partial charge in [-0.25, -0.2) is 8.42 Å². The molecule has 0 amide bonds. The van der Waals surface area contributed by atoms with Crippen molar-refractivity contribution in [1.82, 2.24) is 0 Å². The fourth-order valence-corrected chi connectivity index (χ4v) is 4.13. The van der Waals surface area contributed by atoms with E-state index in [1.54, 1.807) is 0 Å². The van der Waals surface area contributed by atoms with Gasteiger partial charge in [0.2, 0.25) is 0 Å². The van der Waals surface area contributed by atoms with Crippen molar-refractivity contribution in [3.05, 3.63) is 0 Å². The second-order valence-electron chi connectivity index (χ2n) is 3.37. The minimum atomic E-state index is -2.70. The highest BCUT2D eigenvalue weighted by molar-refractivity contribution is 7.92. The molecule has 1 saturated heterocycles. The molecule has 0 bridgehead atoms. The van der Waals surface area contributed by atoms with Crippen molar-refractivity contribution < 1.29 is 8.42 Å². The van der Waals surface area contributed by atoms with Crippen LogP contribution in [0.25, 0.3) is 0 Å². The van der Waals surface area contributed by atoms with Gasteiger partial charge in [-0.15, -0.1) is 0 Å². The Labute approximate surface area is 68.9 Å². The second-order valence-corrected chi connectivity index (χ2v) is 5.70. The highest BCUT2D eigenvalue weighted by Gasteiger charge is 2.35. The minimum absolute atomic E-state index is 0.0348. The molecule has 1 heterocycles. The zero-order chi connectivity index (χ0) is 8.48. The first-order valence-corrected chi connectivity index (χ1v) is 6.03. The first-order chi connectivity index (χ1) is 5.10. The molecule has 1 fully saturated rings. The molecule has 2 atom stereocenters. The first-order valence-electron chi connectivity index (χ1n) is 4.31. The fraction of sp³-hybridized carbons (Fsp3) is 1.00. The first kappa shape index (κ1) is 9.04. The van der Waals surface area contributed by atoms with Crippen molar-refractivity contribution in [2.24, 2.45) is 5.92 Å². The van der Waals surface area contributed by atoms with E-state index in [1.807, 2.05) is 6.92 Å². The summed E-state index contributed by atoms with van der Waals surface area (Å²) < 4.78 is 22.7. The Kier molecular flexibility index (Phi) is 2.58. The van der Waals surface area contributed by atoms with E-state index in [2.05, 4.69) is 6.92 Å². The summed E-state index contributed by atoms with van der Waals surface area (Å²) in [7, 11) is -2.70. The lowest BCUT2D eigenvalue weighted by atomic mass is 10.0. The standard InChI is InChI=1S/C8H16O2S/c1-3-7-5-8(4-2)11(9,10)6-7/h7-8H,3-6H2,1-2H3/t7-,8-/m0/s1. The molecule has 0 radical (unpaired) electrons. The summed E-state index contributed by atoms with van der Waals surface area (Å²) in [5.41, 5.74) is 0. The van der Waals surface area contributed by atoms with Crippen LogP contribution in [0.1, 0.15) is 33.1 Å². The van der Waals surface area contributed by atoms with Gasteiger partial charge in [0.15, 0.2) is 9.84 Å². The Morgan fingerprint density at radius 3 is 2.18 bits per heavy atom. The lowest BCUT2D eigenvalue weighted by Crippen LogP contribution is -2.13. The predicted octanol–water partition coefficient (Wildman–Crippen LogP) is 1.61. The Morgan fingerprint density at radius 2 is 1.91 bits per heavy atom. The molecule has 2 nitrogen and oxygen atoms in total. The van der Waals surface area contributed by atoms with Crippen LogP contribution in [0.3, 0.4) is 0 Å². The molecule has 0 aromatic heterocycles. The molecule has 0 N–H and O–H groups in total. The molecule has 0 saturated carbocycles. The summed E-state index contributed by atoms with van der Waals surface area (Å²) >= 11 is 0. The third-order valence-corrected chi connectivity index (χ3v) is 5.08. The van der Waals surface area contributed by atoms with Crippen LogP contribution in [0.2, 0.25) is 0 Å². The van der Waals surface area contributed by atoms with Gasteiger partial charge in [0.1, 0.15) is 0 Å². The molecule has 0 unspecified atom stereocenters. The quantitative estimate of drug-likeness (QED) is 0.640. The van der Waals surface area contributed by atoms with Gasteiger partial charge in [0.25, 0.3) is 0 Å². The summed E-state index contributed by atoms with van der Waals surface area (Å²) in [6.45, 7) is 4.03. The maximum atomic E-state index is 11.4. The molecule has 1 rings (SSSR count). The smallest absolute Gasteiger partial charge is 0.153 e. The summed E-state index contributed by atoms with van der Waals surface area (Å²) in [6.07, 6.45) is 2.70. The number of rotatable bonds is 2. The topological polar surface area (TPSA) is 34.1 Å². The van der Waals surface area contributed by atoms with Gasteiger partial charge in [-0.3, -0.25) is 0 Å². The van der Waals surface area contributed by atoms with Crippen molar-refractivity contribution in [3.63, 3.8) is 0 Å². The Hall–Kier alpha value is -0.0500. The highest BCUT2D eigenvalue weighted by Crippen LogP contribution is 2.29.